The van der Waals surface area contributed by atoms with Gasteiger partial charge in [0.2, 0.25) is 5.89 Å². The summed E-state index contributed by atoms with van der Waals surface area (Å²) in [6, 6.07) is 9.96. The van der Waals surface area contributed by atoms with Crippen LogP contribution in [0.5, 0.6) is 0 Å². The van der Waals surface area contributed by atoms with Crippen LogP contribution in [0, 0.1) is 22.7 Å². The standard InChI is InChI=1S/C15H14ClN3OS/c1-15(2)9(7-17)13(15)14-18-12(19-20-14)8-21-11-6-4-3-5-10(11)16/h3-6,9,13H,8H2,1-2H3. The summed E-state index contributed by atoms with van der Waals surface area (Å²) in [5.74, 6) is 1.81. The van der Waals surface area contributed by atoms with E-state index in [2.05, 4.69) is 16.2 Å². The normalized spacial score (nSPS) is 22.8. The number of hydrogen-bond donors (Lipinski definition) is 0. The van der Waals surface area contributed by atoms with E-state index in [1.165, 1.54) is 0 Å². The first-order valence-electron chi connectivity index (χ1n) is 6.63. The molecule has 0 bridgehead atoms. The Kier molecular flexibility index (Phi) is 3.68. The van der Waals surface area contributed by atoms with E-state index < -0.39 is 0 Å². The predicted molar refractivity (Wildman–Crippen MR) is 80.9 cm³/mol. The summed E-state index contributed by atoms with van der Waals surface area (Å²) in [4.78, 5) is 5.41. The lowest BCUT2D eigenvalue weighted by Gasteiger charge is -2.00. The molecular formula is C15H14ClN3OS. The molecule has 6 heteroatoms. The molecule has 0 amide bonds. The fourth-order valence-electron chi connectivity index (χ4n) is 2.50. The number of aromatic nitrogens is 2. The van der Waals surface area contributed by atoms with Crippen molar-refractivity contribution in [3.8, 4) is 6.07 Å². The van der Waals surface area contributed by atoms with Gasteiger partial charge in [0.25, 0.3) is 0 Å². The number of benzene rings is 1. The molecule has 1 aromatic carbocycles. The van der Waals surface area contributed by atoms with Gasteiger partial charge in [-0.1, -0.05) is 42.7 Å². The summed E-state index contributed by atoms with van der Waals surface area (Å²) in [5.41, 5.74) is -0.0750. The molecule has 1 fully saturated rings. The molecule has 1 saturated carbocycles. The Morgan fingerprint density at radius 3 is 2.86 bits per heavy atom. The molecule has 2 unspecified atom stereocenters. The maximum Gasteiger partial charge on any atom is 0.231 e. The van der Waals surface area contributed by atoms with Crippen molar-refractivity contribution < 1.29 is 4.52 Å². The lowest BCUT2D eigenvalue weighted by Crippen LogP contribution is -1.91. The minimum Gasteiger partial charge on any atom is -0.339 e. The Hall–Kier alpha value is -1.51. The quantitative estimate of drug-likeness (QED) is 0.787. The van der Waals surface area contributed by atoms with E-state index in [1.807, 2.05) is 38.1 Å². The molecule has 1 aromatic heterocycles. The first-order chi connectivity index (χ1) is 10.0. The Morgan fingerprint density at radius 1 is 1.43 bits per heavy atom. The van der Waals surface area contributed by atoms with Crippen molar-refractivity contribution in [2.24, 2.45) is 11.3 Å². The molecule has 4 nitrogen and oxygen atoms in total. The molecule has 1 heterocycles. The molecule has 2 aromatic rings. The molecule has 0 radical (unpaired) electrons. The van der Waals surface area contributed by atoms with Crippen molar-refractivity contribution >= 4 is 23.4 Å². The van der Waals surface area contributed by atoms with Crippen LogP contribution in [0.2, 0.25) is 5.02 Å². The summed E-state index contributed by atoms with van der Waals surface area (Å²) in [6.45, 7) is 4.10. The lowest BCUT2D eigenvalue weighted by atomic mass is 10.1. The summed E-state index contributed by atoms with van der Waals surface area (Å²) >= 11 is 7.68. The van der Waals surface area contributed by atoms with Crippen LogP contribution < -0.4 is 0 Å². The van der Waals surface area contributed by atoms with Gasteiger partial charge in [-0.15, -0.1) is 11.8 Å². The number of rotatable bonds is 4. The van der Waals surface area contributed by atoms with Gasteiger partial charge < -0.3 is 4.52 Å². The van der Waals surface area contributed by atoms with E-state index in [1.54, 1.807) is 11.8 Å². The Balaban J connectivity index is 1.67. The van der Waals surface area contributed by atoms with Gasteiger partial charge in [-0.3, -0.25) is 0 Å². The minimum absolute atomic E-state index is 0.0398. The third kappa shape index (κ3) is 2.66. The number of thioether (sulfide) groups is 1. The average molecular weight is 320 g/mol. The van der Waals surface area contributed by atoms with Gasteiger partial charge in [0, 0.05) is 4.90 Å². The molecular weight excluding hydrogens is 306 g/mol. The number of nitriles is 1. The molecule has 1 aliphatic rings. The second-order valence-corrected chi connectivity index (χ2v) is 7.10. The van der Waals surface area contributed by atoms with Gasteiger partial charge in [0.05, 0.1) is 28.7 Å². The highest BCUT2D eigenvalue weighted by atomic mass is 35.5. The second-order valence-electron chi connectivity index (χ2n) is 5.67. The molecule has 0 N–H and O–H groups in total. The van der Waals surface area contributed by atoms with E-state index in [9.17, 15) is 0 Å². The summed E-state index contributed by atoms with van der Waals surface area (Å²) in [5, 5.41) is 13.8. The van der Waals surface area contributed by atoms with Gasteiger partial charge in [0.1, 0.15) is 0 Å². The van der Waals surface area contributed by atoms with Crippen molar-refractivity contribution in [2.45, 2.75) is 30.4 Å². The second kappa shape index (κ2) is 5.36. The summed E-state index contributed by atoms with van der Waals surface area (Å²) in [6.07, 6.45) is 0. The van der Waals surface area contributed by atoms with Crippen LogP contribution in [0.1, 0.15) is 31.5 Å². The lowest BCUT2D eigenvalue weighted by molar-refractivity contribution is 0.364. The van der Waals surface area contributed by atoms with Crippen molar-refractivity contribution in [3.63, 3.8) is 0 Å². The molecule has 108 valence electrons. The molecule has 0 saturated heterocycles. The Morgan fingerprint density at radius 2 is 2.19 bits per heavy atom. The molecule has 0 aliphatic heterocycles. The highest BCUT2D eigenvalue weighted by Gasteiger charge is 2.62. The van der Waals surface area contributed by atoms with Gasteiger partial charge >= 0.3 is 0 Å². The van der Waals surface area contributed by atoms with Crippen LogP contribution >= 0.6 is 23.4 Å². The Labute approximate surface area is 132 Å². The zero-order chi connectivity index (χ0) is 15.0. The first-order valence-corrected chi connectivity index (χ1v) is 8.00. The first kappa shape index (κ1) is 14.4. The molecule has 0 spiro atoms. The third-order valence-electron chi connectivity index (χ3n) is 3.91. The fourth-order valence-corrected chi connectivity index (χ4v) is 3.58. The zero-order valence-electron chi connectivity index (χ0n) is 11.7. The van der Waals surface area contributed by atoms with Crippen molar-refractivity contribution in [1.82, 2.24) is 10.1 Å². The van der Waals surface area contributed by atoms with Crippen molar-refractivity contribution in [3.05, 3.63) is 41.0 Å². The number of nitrogens with zero attached hydrogens (tertiary/aromatic N) is 3. The smallest absolute Gasteiger partial charge is 0.231 e. The van der Waals surface area contributed by atoms with Crippen molar-refractivity contribution in [2.75, 3.05) is 0 Å². The van der Waals surface area contributed by atoms with Gasteiger partial charge in [-0.25, -0.2) is 0 Å². The monoisotopic (exact) mass is 319 g/mol. The van der Waals surface area contributed by atoms with Gasteiger partial charge in [-0.05, 0) is 17.5 Å². The summed E-state index contributed by atoms with van der Waals surface area (Å²) < 4.78 is 5.32. The predicted octanol–water partition coefficient (Wildman–Crippen LogP) is 4.28. The number of halogens is 1. The summed E-state index contributed by atoms with van der Waals surface area (Å²) in [7, 11) is 0. The van der Waals surface area contributed by atoms with Gasteiger partial charge in [0.15, 0.2) is 5.82 Å². The molecule has 21 heavy (non-hydrogen) atoms. The SMILES string of the molecule is CC1(C)C(C#N)C1c1nc(CSc2ccccc2Cl)no1. The van der Waals surface area contributed by atoms with E-state index >= 15 is 0 Å². The third-order valence-corrected chi connectivity index (χ3v) is 5.42. The zero-order valence-corrected chi connectivity index (χ0v) is 13.3. The Bertz CT molecular complexity index is 707. The van der Waals surface area contributed by atoms with Crippen LogP contribution in [0.4, 0.5) is 0 Å². The maximum atomic E-state index is 9.10. The van der Waals surface area contributed by atoms with Crippen LogP contribution in [-0.4, -0.2) is 10.1 Å². The molecule has 1 aliphatic carbocycles. The van der Waals surface area contributed by atoms with E-state index in [4.69, 9.17) is 21.4 Å². The maximum absolute atomic E-state index is 9.10. The number of hydrogen-bond acceptors (Lipinski definition) is 5. The highest BCUT2D eigenvalue weighted by Crippen LogP contribution is 2.63. The molecule has 2 atom stereocenters. The average Bonchev–Trinajstić information content (AvgIpc) is 2.82. The van der Waals surface area contributed by atoms with E-state index in [0.29, 0.717) is 17.5 Å². The van der Waals surface area contributed by atoms with Crippen LogP contribution in [0.3, 0.4) is 0 Å². The van der Waals surface area contributed by atoms with Gasteiger partial charge in [-0.2, -0.15) is 10.2 Å². The van der Waals surface area contributed by atoms with Crippen molar-refractivity contribution in [1.29, 1.82) is 5.26 Å². The topological polar surface area (TPSA) is 62.7 Å². The van der Waals surface area contributed by atoms with Crippen LogP contribution in [0.15, 0.2) is 33.7 Å². The fraction of sp³-hybridized carbons (Fsp3) is 0.400. The van der Waals surface area contributed by atoms with E-state index in [0.717, 1.165) is 9.92 Å². The molecule has 3 rings (SSSR count). The van der Waals surface area contributed by atoms with Crippen LogP contribution in [-0.2, 0) is 5.75 Å². The highest BCUT2D eigenvalue weighted by molar-refractivity contribution is 7.98. The largest absolute Gasteiger partial charge is 0.339 e. The van der Waals surface area contributed by atoms with E-state index in [-0.39, 0.29) is 17.3 Å². The van der Waals surface area contributed by atoms with Crippen LogP contribution in [0.25, 0.3) is 0 Å². The minimum atomic E-state index is -0.0750.